The number of nitrogens with zero attached hydrogens (tertiary/aromatic N) is 4. The van der Waals surface area contributed by atoms with Gasteiger partial charge < -0.3 is 15.0 Å². The number of rotatable bonds is 5. The fraction of sp³-hybridized carbons (Fsp3) is 0.261. The van der Waals surface area contributed by atoms with Crippen molar-refractivity contribution < 1.29 is 9.90 Å². The first-order chi connectivity index (χ1) is 14.6. The zero-order chi connectivity index (χ0) is 20.7. The number of aromatic nitrogens is 4. The van der Waals surface area contributed by atoms with Crippen LogP contribution in [0.25, 0.3) is 16.7 Å². The second-order valence-electron chi connectivity index (χ2n) is 7.85. The van der Waals surface area contributed by atoms with Crippen LogP contribution in [0.3, 0.4) is 0 Å². The first kappa shape index (κ1) is 18.6. The number of fused-ring (bicyclic) bond motifs is 1. The van der Waals surface area contributed by atoms with E-state index in [4.69, 9.17) is 0 Å². The minimum absolute atomic E-state index is 0.179. The van der Waals surface area contributed by atoms with Crippen molar-refractivity contribution in [1.82, 2.24) is 24.6 Å². The number of aliphatic hydroxyl groups is 1. The van der Waals surface area contributed by atoms with Crippen LogP contribution in [-0.4, -0.2) is 42.5 Å². The van der Waals surface area contributed by atoms with Crippen LogP contribution in [0.2, 0.25) is 0 Å². The van der Waals surface area contributed by atoms with Gasteiger partial charge in [-0.25, -0.2) is 9.67 Å². The number of aryl methyl sites for hydroxylation is 1. The molecule has 3 heterocycles. The maximum Gasteiger partial charge on any atom is 0.270 e. The van der Waals surface area contributed by atoms with Crippen LogP contribution in [-0.2, 0) is 13.5 Å². The molecule has 3 aromatic heterocycles. The Hall–Kier alpha value is -3.45. The Morgan fingerprint density at radius 1 is 1.20 bits per heavy atom. The minimum Gasteiger partial charge on any atom is -0.391 e. The average Bonchev–Trinajstić information content (AvgIpc) is 3.42. The molecule has 1 aliphatic carbocycles. The standard InChI is InChI=1S/C23H23N5O2/c1-27-12-9-18-16(13-15-3-5-17(6-4-15)28-11-2-10-24-28)14-20(25-22(18)27)23(30)26-19-7-8-21(19)29/h2-6,9-12,14,19,21,29H,7-8,13H2,1H3,(H,26,30)/t19-,21-/m0/s1. The molecule has 5 rings (SSSR count). The Bertz CT molecular complexity index is 1190. The number of aliphatic hydroxyl groups excluding tert-OH is 1. The second kappa shape index (κ2) is 7.42. The second-order valence-corrected chi connectivity index (χ2v) is 7.85. The van der Waals surface area contributed by atoms with Crippen molar-refractivity contribution in [3.8, 4) is 5.69 Å². The highest BCUT2D eigenvalue weighted by atomic mass is 16.3. The highest BCUT2D eigenvalue weighted by Gasteiger charge is 2.30. The highest BCUT2D eigenvalue weighted by molar-refractivity contribution is 5.96. The van der Waals surface area contributed by atoms with Crippen LogP contribution in [0.5, 0.6) is 0 Å². The van der Waals surface area contributed by atoms with Crippen LogP contribution in [0.15, 0.2) is 61.1 Å². The van der Waals surface area contributed by atoms with Crippen molar-refractivity contribution in [1.29, 1.82) is 0 Å². The third-order valence-electron chi connectivity index (χ3n) is 5.81. The zero-order valence-corrected chi connectivity index (χ0v) is 16.7. The number of pyridine rings is 1. The van der Waals surface area contributed by atoms with Crippen LogP contribution in [0.1, 0.15) is 34.5 Å². The lowest BCUT2D eigenvalue weighted by atomic mass is 9.89. The van der Waals surface area contributed by atoms with Gasteiger partial charge in [-0.3, -0.25) is 4.79 Å². The van der Waals surface area contributed by atoms with Crippen molar-refractivity contribution in [2.24, 2.45) is 7.05 Å². The lowest BCUT2D eigenvalue weighted by Crippen LogP contribution is -2.50. The van der Waals surface area contributed by atoms with Crippen LogP contribution in [0, 0.1) is 0 Å². The van der Waals surface area contributed by atoms with E-state index in [0.29, 0.717) is 12.1 Å². The van der Waals surface area contributed by atoms with Gasteiger partial charge in [-0.2, -0.15) is 5.10 Å². The normalized spacial score (nSPS) is 18.3. The first-order valence-corrected chi connectivity index (χ1v) is 10.1. The Morgan fingerprint density at radius 2 is 2.03 bits per heavy atom. The summed E-state index contributed by atoms with van der Waals surface area (Å²) in [4.78, 5) is 17.3. The summed E-state index contributed by atoms with van der Waals surface area (Å²) in [5.74, 6) is -0.239. The van der Waals surface area contributed by atoms with E-state index in [1.54, 1.807) is 6.20 Å². The number of amides is 1. The van der Waals surface area contributed by atoms with Crippen LogP contribution >= 0.6 is 0 Å². The summed E-state index contributed by atoms with van der Waals surface area (Å²) in [6.07, 6.45) is 7.39. The molecular weight excluding hydrogens is 378 g/mol. The Labute approximate surface area is 174 Å². The van der Waals surface area contributed by atoms with E-state index in [1.165, 1.54) is 0 Å². The molecule has 1 fully saturated rings. The number of hydrogen-bond donors (Lipinski definition) is 2. The molecule has 30 heavy (non-hydrogen) atoms. The molecule has 0 saturated heterocycles. The summed E-state index contributed by atoms with van der Waals surface area (Å²) in [5.41, 5.74) is 4.35. The number of nitrogens with one attached hydrogen (secondary N) is 1. The van der Waals surface area contributed by atoms with Gasteiger partial charge >= 0.3 is 0 Å². The van der Waals surface area contributed by atoms with E-state index in [-0.39, 0.29) is 11.9 Å². The van der Waals surface area contributed by atoms with E-state index in [9.17, 15) is 9.90 Å². The fourth-order valence-corrected chi connectivity index (χ4v) is 3.86. The summed E-state index contributed by atoms with van der Waals surface area (Å²) >= 11 is 0. The predicted octanol–water partition coefficient (Wildman–Crippen LogP) is 2.60. The average molecular weight is 401 g/mol. The maximum absolute atomic E-state index is 12.7. The van der Waals surface area contributed by atoms with E-state index < -0.39 is 6.10 Å². The van der Waals surface area contributed by atoms with Gasteiger partial charge in [-0.05, 0) is 60.7 Å². The quantitative estimate of drug-likeness (QED) is 0.538. The summed E-state index contributed by atoms with van der Waals surface area (Å²) in [6, 6.07) is 13.9. The molecule has 2 N–H and O–H groups in total. The molecule has 2 atom stereocenters. The fourth-order valence-electron chi connectivity index (χ4n) is 3.86. The van der Waals surface area contributed by atoms with Crippen molar-refractivity contribution in [3.05, 3.63) is 77.9 Å². The SMILES string of the molecule is Cn1ccc2c(Cc3ccc(-n4cccn4)cc3)cc(C(=O)N[C@H]3CC[C@@H]3O)nc21. The van der Waals surface area contributed by atoms with Gasteiger partial charge in [-0.1, -0.05) is 12.1 Å². The summed E-state index contributed by atoms with van der Waals surface area (Å²) in [6.45, 7) is 0. The van der Waals surface area contributed by atoms with Crippen molar-refractivity contribution >= 4 is 16.9 Å². The predicted molar refractivity (Wildman–Crippen MR) is 114 cm³/mol. The molecule has 152 valence electrons. The first-order valence-electron chi connectivity index (χ1n) is 10.1. The van der Waals surface area contributed by atoms with Gasteiger partial charge in [0.05, 0.1) is 17.8 Å². The molecule has 0 unspecified atom stereocenters. The third-order valence-corrected chi connectivity index (χ3v) is 5.81. The Balaban J connectivity index is 1.45. The maximum atomic E-state index is 12.7. The number of carbonyl (C=O) groups excluding carboxylic acids is 1. The molecule has 1 amide bonds. The van der Waals surface area contributed by atoms with Gasteiger partial charge in [0.15, 0.2) is 0 Å². The summed E-state index contributed by atoms with van der Waals surface area (Å²) < 4.78 is 3.75. The van der Waals surface area contributed by atoms with Crippen molar-refractivity contribution in [2.75, 3.05) is 0 Å². The number of carbonyl (C=O) groups is 1. The largest absolute Gasteiger partial charge is 0.391 e. The van der Waals surface area contributed by atoms with Crippen molar-refractivity contribution in [3.63, 3.8) is 0 Å². The lowest BCUT2D eigenvalue weighted by Gasteiger charge is -2.32. The molecule has 7 heteroatoms. The van der Waals surface area contributed by atoms with Gasteiger partial charge in [0, 0.05) is 31.0 Å². The molecule has 4 aromatic rings. The van der Waals surface area contributed by atoms with E-state index in [2.05, 4.69) is 27.5 Å². The van der Waals surface area contributed by atoms with Gasteiger partial charge in [0.2, 0.25) is 0 Å². The number of hydrogen-bond acceptors (Lipinski definition) is 4. The third kappa shape index (κ3) is 3.37. The minimum atomic E-state index is -0.458. The van der Waals surface area contributed by atoms with Gasteiger partial charge in [0.25, 0.3) is 5.91 Å². The Morgan fingerprint density at radius 3 is 2.70 bits per heavy atom. The van der Waals surface area contributed by atoms with E-state index in [1.807, 2.05) is 59.0 Å². The van der Waals surface area contributed by atoms with Crippen LogP contribution in [0.4, 0.5) is 0 Å². The molecule has 0 aliphatic heterocycles. The summed E-state index contributed by atoms with van der Waals surface area (Å²) in [7, 11) is 1.93. The molecule has 1 aromatic carbocycles. The lowest BCUT2D eigenvalue weighted by molar-refractivity contribution is 0.0445. The topological polar surface area (TPSA) is 85.0 Å². The summed E-state index contributed by atoms with van der Waals surface area (Å²) in [5, 5.41) is 18.0. The highest BCUT2D eigenvalue weighted by Crippen LogP contribution is 2.24. The zero-order valence-electron chi connectivity index (χ0n) is 16.7. The van der Waals surface area contributed by atoms with E-state index in [0.717, 1.165) is 40.7 Å². The van der Waals surface area contributed by atoms with Crippen LogP contribution < -0.4 is 5.32 Å². The number of benzene rings is 1. The Kier molecular flexibility index (Phi) is 4.59. The molecule has 1 aliphatic rings. The molecule has 7 nitrogen and oxygen atoms in total. The van der Waals surface area contributed by atoms with Gasteiger partial charge in [0.1, 0.15) is 11.3 Å². The molecule has 0 radical (unpaired) electrons. The van der Waals surface area contributed by atoms with Crippen molar-refractivity contribution in [2.45, 2.75) is 31.4 Å². The monoisotopic (exact) mass is 401 g/mol. The molecule has 0 spiro atoms. The molecule has 0 bridgehead atoms. The molecular formula is C23H23N5O2. The smallest absolute Gasteiger partial charge is 0.270 e. The van der Waals surface area contributed by atoms with Gasteiger partial charge in [-0.15, -0.1) is 0 Å². The van der Waals surface area contributed by atoms with E-state index >= 15 is 0 Å². The molecule has 1 saturated carbocycles.